The van der Waals surface area contributed by atoms with E-state index in [0.29, 0.717) is 13.0 Å². The van der Waals surface area contributed by atoms with E-state index in [1.807, 2.05) is 42.9 Å². The van der Waals surface area contributed by atoms with Crippen LogP contribution in [-0.2, 0) is 18.2 Å². The minimum Gasteiger partial charge on any atom is -0.372 e. The SMILES string of the molecule is CCOC(c1ccccc1)C(Cc1nccn1C)NN. The molecule has 3 N–H and O–H groups in total. The van der Waals surface area contributed by atoms with Gasteiger partial charge < -0.3 is 9.30 Å². The summed E-state index contributed by atoms with van der Waals surface area (Å²) in [6.07, 6.45) is 4.34. The van der Waals surface area contributed by atoms with Gasteiger partial charge in [-0.1, -0.05) is 30.3 Å². The number of imidazole rings is 1. The van der Waals surface area contributed by atoms with Gasteiger partial charge in [0.1, 0.15) is 5.82 Å². The van der Waals surface area contributed by atoms with Crippen LogP contribution < -0.4 is 11.3 Å². The Morgan fingerprint density at radius 2 is 2.10 bits per heavy atom. The zero-order valence-electron chi connectivity index (χ0n) is 12.0. The molecule has 0 saturated carbocycles. The molecule has 0 aliphatic heterocycles. The Kier molecular flexibility index (Phi) is 5.29. The first-order chi connectivity index (χ1) is 9.76. The van der Waals surface area contributed by atoms with Crippen LogP contribution in [0.1, 0.15) is 24.4 Å². The van der Waals surface area contributed by atoms with Crippen molar-refractivity contribution in [3.05, 3.63) is 54.1 Å². The predicted octanol–water partition coefficient (Wildman–Crippen LogP) is 1.57. The summed E-state index contributed by atoms with van der Waals surface area (Å²) < 4.78 is 7.89. The summed E-state index contributed by atoms with van der Waals surface area (Å²) in [6, 6.07) is 10.1. The van der Waals surface area contributed by atoms with Crippen LogP contribution >= 0.6 is 0 Å². The predicted molar refractivity (Wildman–Crippen MR) is 78.8 cm³/mol. The van der Waals surface area contributed by atoms with E-state index in [2.05, 4.69) is 22.5 Å². The number of hydrogen-bond acceptors (Lipinski definition) is 4. The van der Waals surface area contributed by atoms with Gasteiger partial charge in [0.05, 0.1) is 12.1 Å². The first-order valence-corrected chi connectivity index (χ1v) is 6.85. The highest BCUT2D eigenvalue weighted by molar-refractivity contribution is 5.19. The van der Waals surface area contributed by atoms with Crippen molar-refractivity contribution in [3.8, 4) is 0 Å². The molecule has 2 aromatic rings. The molecule has 20 heavy (non-hydrogen) atoms. The zero-order chi connectivity index (χ0) is 14.4. The Morgan fingerprint density at radius 1 is 1.35 bits per heavy atom. The first-order valence-electron chi connectivity index (χ1n) is 6.85. The van der Waals surface area contributed by atoms with Gasteiger partial charge in [-0.25, -0.2) is 4.98 Å². The van der Waals surface area contributed by atoms with Gasteiger partial charge in [-0.05, 0) is 12.5 Å². The fourth-order valence-corrected chi connectivity index (χ4v) is 2.31. The summed E-state index contributed by atoms with van der Waals surface area (Å²) in [5.74, 6) is 6.72. The molecule has 5 nitrogen and oxygen atoms in total. The van der Waals surface area contributed by atoms with E-state index >= 15 is 0 Å². The monoisotopic (exact) mass is 274 g/mol. The number of nitrogens with two attached hydrogens (primary N) is 1. The third kappa shape index (κ3) is 3.45. The quantitative estimate of drug-likeness (QED) is 0.594. The third-order valence-corrected chi connectivity index (χ3v) is 3.38. The van der Waals surface area contributed by atoms with Crippen LogP contribution in [0.4, 0.5) is 0 Å². The first kappa shape index (κ1) is 14.7. The molecule has 0 spiro atoms. The van der Waals surface area contributed by atoms with Crippen molar-refractivity contribution >= 4 is 0 Å². The molecule has 0 saturated heterocycles. The van der Waals surface area contributed by atoms with Gasteiger partial charge in [0.25, 0.3) is 0 Å². The van der Waals surface area contributed by atoms with Crippen LogP contribution in [0, 0.1) is 0 Å². The molecule has 108 valence electrons. The Morgan fingerprint density at radius 3 is 2.65 bits per heavy atom. The normalized spacial score (nSPS) is 14.2. The third-order valence-electron chi connectivity index (χ3n) is 3.38. The molecule has 5 heteroatoms. The number of ether oxygens (including phenoxy) is 1. The lowest BCUT2D eigenvalue weighted by Gasteiger charge is -2.26. The van der Waals surface area contributed by atoms with Gasteiger partial charge in [0, 0.05) is 32.5 Å². The van der Waals surface area contributed by atoms with E-state index in [9.17, 15) is 0 Å². The largest absolute Gasteiger partial charge is 0.372 e. The lowest BCUT2D eigenvalue weighted by Crippen LogP contribution is -2.42. The highest BCUT2D eigenvalue weighted by atomic mass is 16.5. The Balaban J connectivity index is 2.19. The van der Waals surface area contributed by atoms with Crippen LogP contribution in [0.25, 0.3) is 0 Å². The molecular formula is C15H22N4O. The zero-order valence-corrected chi connectivity index (χ0v) is 12.0. The summed E-state index contributed by atoms with van der Waals surface area (Å²) in [4.78, 5) is 4.35. The summed E-state index contributed by atoms with van der Waals surface area (Å²) in [5.41, 5.74) is 3.99. The molecule has 0 fully saturated rings. The van der Waals surface area contributed by atoms with Crippen molar-refractivity contribution in [2.24, 2.45) is 12.9 Å². The van der Waals surface area contributed by atoms with Crippen molar-refractivity contribution in [2.45, 2.75) is 25.5 Å². The van der Waals surface area contributed by atoms with E-state index in [0.717, 1.165) is 11.4 Å². The second-order valence-electron chi connectivity index (χ2n) is 4.72. The van der Waals surface area contributed by atoms with Crippen molar-refractivity contribution in [3.63, 3.8) is 0 Å². The standard InChI is InChI=1S/C15H22N4O/c1-3-20-15(12-7-5-4-6-8-12)13(18-16)11-14-17-9-10-19(14)2/h4-10,13,15,18H,3,11,16H2,1-2H3. The van der Waals surface area contributed by atoms with E-state index in [1.54, 1.807) is 6.20 Å². The van der Waals surface area contributed by atoms with Crippen molar-refractivity contribution in [2.75, 3.05) is 6.61 Å². The van der Waals surface area contributed by atoms with Crippen molar-refractivity contribution in [1.82, 2.24) is 15.0 Å². The summed E-state index contributed by atoms with van der Waals surface area (Å²) in [7, 11) is 1.98. The molecule has 0 aliphatic rings. The Labute approximate surface area is 119 Å². The number of hydrogen-bond donors (Lipinski definition) is 2. The van der Waals surface area contributed by atoms with Gasteiger partial charge in [0.2, 0.25) is 0 Å². The second kappa shape index (κ2) is 7.19. The molecule has 0 bridgehead atoms. The molecule has 0 aliphatic carbocycles. The number of benzene rings is 1. The smallest absolute Gasteiger partial charge is 0.110 e. The van der Waals surface area contributed by atoms with Gasteiger partial charge >= 0.3 is 0 Å². The molecule has 1 aromatic carbocycles. The number of nitrogens with zero attached hydrogens (tertiary/aromatic N) is 2. The number of nitrogens with one attached hydrogen (secondary N) is 1. The number of aryl methyl sites for hydroxylation is 1. The lowest BCUT2D eigenvalue weighted by atomic mass is 9.99. The van der Waals surface area contributed by atoms with E-state index in [-0.39, 0.29) is 12.1 Å². The van der Waals surface area contributed by atoms with Gasteiger partial charge in [-0.2, -0.15) is 0 Å². The summed E-state index contributed by atoms with van der Waals surface area (Å²) >= 11 is 0. The van der Waals surface area contributed by atoms with Gasteiger partial charge in [-0.15, -0.1) is 0 Å². The minimum absolute atomic E-state index is 0.0292. The fraction of sp³-hybridized carbons (Fsp3) is 0.400. The second-order valence-corrected chi connectivity index (χ2v) is 4.72. The average molecular weight is 274 g/mol. The maximum absolute atomic E-state index is 5.89. The average Bonchev–Trinajstić information content (AvgIpc) is 2.89. The lowest BCUT2D eigenvalue weighted by molar-refractivity contribution is 0.0325. The van der Waals surface area contributed by atoms with Crippen molar-refractivity contribution in [1.29, 1.82) is 0 Å². The molecular weight excluding hydrogens is 252 g/mol. The van der Waals surface area contributed by atoms with E-state index in [4.69, 9.17) is 10.6 Å². The summed E-state index contributed by atoms with van der Waals surface area (Å²) in [5, 5.41) is 0. The Hall–Kier alpha value is -1.69. The van der Waals surface area contributed by atoms with Crippen molar-refractivity contribution < 1.29 is 4.74 Å². The number of hydrazine groups is 1. The number of aromatic nitrogens is 2. The van der Waals surface area contributed by atoms with Gasteiger partial charge in [-0.3, -0.25) is 11.3 Å². The maximum atomic E-state index is 5.89. The molecule has 2 rings (SSSR count). The molecule has 2 atom stereocenters. The molecule has 0 radical (unpaired) electrons. The van der Waals surface area contributed by atoms with Crippen LogP contribution in [-0.4, -0.2) is 22.2 Å². The van der Waals surface area contributed by atoms with Gasteiger partial charge in [0.15, 0.2) is 0 Å². The van der Waals surface area contributed by atoms with Crippen LogP contribution in [0.2, 0.25) is 0 Å². The minimum atomic E-state index is -0.0945. The molecule has 1 heterocycles. The van der Waals surface area contributed by atoms with Crippen LogP contribution in [0.5, 0.6) is 0 Å². The topological polar surface area (TPSA) is 65.1 Å². The Bertz CT molecular complexity index is 512. The molecule has 1 aromatic heterocycles. The fourth-order valence-electron chi connectivity index (χ4n) is 2.31. The van der Waals surface area contributed by atoms with Crippen LogP contribution in [0.15, 0.2) is 42.7 Å². The highest BCUT2D eigenvalue weighted by Gasteiger charge is 2.24. The summed E-state index contributed by atoms with van der Waals surface area (Å²) in [6.45, 7) is 2.63. The molecule has 0 amide bonds. The number of rotatable bonds is 7. The highest BCUT2D eigenvalue weighted by Crippen LogP contribution is 2.23. The van der Waals surface area contributed by atoms with Crippen LogP contribution in [0.3, 0.4) is 0 Å². The molecule has 2 unspecified atom stereocenters. The van der Waals surface area contributed by atoms with E-state index in [1.165, 1.54) is 0 Å². The maximum Gasteiger partial charge on any atom is 0.110 e. The van der Waals surface area contributed by atoms with E-state index < -0.39 is 0 Å².